The zero-order valence-electron chi connectivity index (χ0n) is 6.97. The van der Waals surface area contributed by atoms with Crippen LogP contribution in [-0.2, 0) is 4.79 Å². The summed E-state index contributed by atoms with van der Waals surface area (Å²) in [5.74, 6) is 2.59. The summed E-state index contributed by atoms with van der Waals surface area (Å²) < 4.78 is 0. The van der Waals surface area contributed by atoms with Crippen molar-refractivity contribution < 1.29 is 4.79 Å². The maximum atomic E-state index is 11.0. The molecule has 0 aromatic heterocycles. The monoisotopic (exact) mass is 153 g/mol. The normalized spacial score (nSPS) is 43.4. The van der Waals surface area contributed by atoms with E-state index in [2.05, 4.69) is 12.2 Å². The quantitative estimate of drug-likeness (QED) is 0.556. The largest absolute Gasteiger partial charge is 0.356 e. The van der Waals surface area contributed by atoms with Crippen LogP contribution in [0.25, 0.3) is 0 Å². The molecular weight excluding hydrogens is 138 g/mol. The van der Waals surface area contributed by atoms with Crippen LogP contribution in [0, 0.1) is 17.8 Å². The minimum absolute atomic E-state index is 0.264. The molecular formula is C9H15NO. The first-order valence-corrected chi connectivity index (χ1v) is 4.54. The molecule has 0 bridgehead atoms. The molecule has 2 aliphatic rings. The van der Waals surface area contributed by atoms with Crippen LogP contribution in [0.5, 0.6) is 0 Å². The highest BCUT2D eigenvalue weighted by molar-refractivity contribution is 5.77. The average molecular weight is 153 g/mol. The zero-order valence-corrected chi connectivity index (χ0v) is 6.97. The Balaban J connectivity index is 2.05. The molecule has 2 rings (SSSR count). The van der Waals surface area contributed by atoms with Crippen molar-refractivity contribution >= 4 is 5.91 Å². The van der Waals surface area contributed by atoms with Crippen molar-refractivity contribution in [2.45, 2.75) is 26.2 Å². The molecule has 1 N–H and O–H groups in total. The minimum atomic E-state index is 0.264. The van der Waals surface area contributed by atoms with Gasteiger partial charge in [-0.15, -0.1) is 0 Å². The summed E-state index contributed by atoms with van der Waals surface area (Å²) in [6.45, 7) is 3.24. The van der Waals surface area contributed by atoms with Gasteiger partial charge in [0, 0.05) is 13.0 Å². The summed E-state index contributed by atoms with van der Waals surface area (Å²) in [5, 5.41) is 2.94. The van der Waals surface area contributed by atoms with Crippen LogP contribution in [0.4, 0.5) is 0 Å². The Bertz CT molecular complexity index is 178. The van der Waals surface area contributed by atoms with Gasteiger partial charge in [0.1, 0.15) is 0 Å². The van der Waals surface area contributed by atoms with Gasteiger partial charge < -0.3 is 5.32 Å². The van der Waals surface area contributed by atoms with Gasteiger partial charge in [-0.3, -0.25) is 4.79 Å². The van der Waals surface area contributed by atoms with E-state index in [1.807, 2.05) is 0 Å². The predicted molar refractivity (Wildman–Crippen MR) is 43.0 cm³/mol. The van der Waals surface area contributed by atoms with Crippen molar-refractivity contribution in [1.82, 2.24) is 5.32 Å². The number of carbonyl (C=O) groups is 1. The molecule has 3 atom stereocenters. The van der Waals surface area contributed by atoms with Crippen LogP contribution in [0.2, 0.25) is 0 Å². The Morgan fingerprint density at radius 1 is 1.45 bits per heavy atom. The fourth-order valence-corrected chi connectivity index (χ4v) is 2.53. The van der Waals surface area contributed by atoms with Gasteiger partial charge in [0.2, 0.25) is 5.91 Å². The lowest BCUT2D eigenvalue weighted by Gasteiger charge is -2.27. The number of hydrogen-bond acceptors (Lipinski definition) is 1. The van der Waals surface area contributed by atoms with E-state index >= 15 is 0 Å². The van der Waals surface area contributed by atoms with Gasteiger partial charge in [-0.1, -0.05) is 13.3 Å². The number of amides is 1. The van der Waals surface area contributed by atoms with Gasteiger partial charge >= 0.3 is 0 Å². The highest BCUT2D eigenvalue weighted by atomic mass is 16.1. The summed E-state index contributed by atoms with van der Waals surface area (Å²) in [4.78, 5) is 11.0. The van der Waals surface area contributed by atoms with Crippen LogP contribution in [-0.4, -0.2) is 12.5 Å². The summed E-state index contributed by atoms with van der Waals surface area (Å²) in [6, 6.07) is 0. The van der Waals surface area contributed by atoms with E-state index in [0.29, 0.717) is 5.92 Å². The minimum Gasteiger partial charge on any atom is -0.356 e. The van der Waals surface area contributed by atoms with Gasteiger partial charge in [0.15, 0.2) is 0 Å². The Morgan fingerprint density at radius 3 is 3.09 bits per heavy atom. The first kappa shape index (κ1) is 7.14. The molecule has 2 nitrogen and oxygen atoms in total. The van der Waals surface area contributed by atoms with Gasteiger partial charge in [-0.25, -0.2) is 0 Å². The van der Waals surface area contributed by atoms with Crippen LogP contribution in [0.1, 0.15) is 26.2 Å². The van der Waals surface area contributed by atoms with Gasteiger partial charge in [-0.05, 0) is 24.2 Å². The van der Waals surface area contributed by atoms with E-state index in [1.165, 1.54) is 12.8 Å². The molecule has 62 valence electrons. The number of piperidine rings is 1. The summed E-state index contributed by atoms with van der Waals surface area (Å²) in [7, 11) is 0. The van der Waals surface area contributed by atoms with Gasteiger partial charge in [0.25, 0.3) is 0 Å². The maximum absolute atomic E-state index is 11.0. The SMILES string of the molecule is C[C@H]1CC[C@@H]2CC(=O)NC[C@@H]21. The molecule has 0 aromatic carbocycles. The molecule has 1 saturated heterocycles. The van der Waals surface area contributed by atoms with Crippen molar-refractivity contribution in [2.75, 3.05) is 6.54 Å². The Kier molecular flexibility index (Phi) is 1.63. The van der Waals surface area contributed by atoms with E-state index in [-0.39, 0.29) is 5.91 Å². The second-order valence-corrected chi connectivity index (χ2v) is 3.99. The molecule has 0 unspecified atom stereocenters. The third-order valence-electron chi connectivity index (χ3n) is 3.31. The number of fused-ring (bicyclic) bond motifs is 1. The highest BCUT2D eigenvalue weighted by Crippen LogP contribution is 2.39. The van der Waals surface area contributed by atoms with Crippen LogP contribution < -0.4 is 5.32 Å². The number of carbonyl (C=O) groups excluding carboxylic acids is 1. The van der Waals surface area contributed by atoms with Crippen molar-refractivity contribution in [1.29, 1.82) is 0 Å². The molecule has 2 heteroatoms. The molecule has 0 radical (unpaired) electrons. The molecule has 0 spiro atoms. The van der Waals surface area contributed by atoms with E-state index < -0.39 is 0 Å². The number of rotatable bonds is 0. The molecule has 1 amide bonds. The fourth-order valence-electron chi connectivity index (χ4n) is 2.53. The number of hydrogen-bond donors (Lipinski definition) is 1. The molecule has 1 saturated carbocycles. The predicted octanol–water partition coefficient (Wildman–Crippen LogP) is 1.17. The van der Waals surface area contributed by atoms with E-state index in [4.69, 9.17) is 0 Å². The van der Waals surface area contributed by atoms with Crippen molar-refractivity contribution in [3.63, 3.8) is 0 Å². The van der Waals surface area contributed by atoms with Crippen molar-refractivity contribution in [3.05, 3.63) is 0 Å². The third-order valence-corrected chi connectivity index (χ3v) is 3.31. The van der Waals surface area contributed by atoms with Crippen LogP contribution >= 0.6 is 0 Å². The first-order valence-electron chi connectivity index (χ1n) is 4.54. The van der Waals surface area contributed by atoms with E-state index in [0.717, 1.165) is 24.8 Å². The van der Waals surface area contributed by atoms with Crippen LogP contribution in [0.15, 0.2) is 0 Å². The Morgan fingerprint density at radius 2 is 2.27 bits per heavy atom. The Labute approximate surface area is 67.4 Å². The second-order valence-electron chi connectivity index (χ2n) is 3.99. The molecule has 1 aliphatic carbocycles. The van der Waals surface area contributed by atoms with Gasteiger partial charge in [-0.2, -0.15) is 0 Å². The first-order chi connectivity index (χ1) is 5.27. The lowest BCUT2D eigenvalue weighted by Crippen LogP contribution is -2.40. The van der Waals surface area contributed by atoms with E-state index in [9.17, 15) is 4.79 Å². The maximum Gasteiger partial charge on any atom is 0.220 e. The number of nitrogens with one attached hydrogen (secondary N) is 1. The van der Waals surface area contributed by atoms with E-state index in [1.54, 1.807) is 0 Å². The zero-order chi connectivity index (χ0) is 7.84. The molecule has 11 heavy (non-hydrogen) atoms. The third kappa shape index (κ3) is 1.15. The molecule has 1 aliphatic heterocycles. The lowest BCUT2D eigenvalue weighted by molar-refractivity contribution is -0.124. The summed E-state index contributed by atoms with van der Waals surface area (Å²) in [5.41, 5.74) is 0. The van der Waals surface area contributed by atoms with Crippen molar-refractivity contribution in [2.24, 2.45) is 17.8 Å². The molecule has 0 aromatic rings. The molecule has 2 fully saturated rings. The lowest BCUT2D eigenvalue weighted by atomic mass is 9.85. The molecule has 1 heterocycles. The standard InChI is InChI=1S/C9H15NO/c1-6-2-3-7-4-9(11)10-5-8(6)7/h6-8H,2-5H2,1H3,(H,10,11)/t6-,7+,8+/m0/s1. The Hall–Kier alpha value is -0.530. The second kappa shape index (κ2) is 2.50. The topological polar surface area (TPSA) is 29.1 Å². The average Bonchev–Trinajstić information content (AvgIpc) is 2.32. The van der Waals surface area contributed by atoms with Crippen LogP contribution in [0.3, 0.4) is 0 Å². The summed E-state index contributed by atoms with van der Waals surface area (Å²) >= 11 is 0. The highest BCUT2D eigenvalue weighted by Gasteiger charge is 2.37. The van der Waals surface area contributed by atoms with Crippen molar-refractivity contribution in [3.8, 4) is 0 Å². The van der Waals surface area contributed by atoms with Gasteiger partial charge in [0.05, 0.1) is 0 Å². The smallest absolute Gasteiger partial charge is 0.220 e. The summed E-state index contributed by atoms with van der Waals surface area (Å²) in [6.07, 6.45) is 3.39. The fraction of sp³-hybridized carbons (Fsp3) is 0.889.